The summed E-state index contributed by atoms with van der Waals surface area (Å²) in [6.07, 6.45) is 2.92. The SMILES string of the molecule is CCCS(=O)(=O)Nc1ccc(NC(=O)C2CCCC(C(=O)O)C2)cc1. The molecule has 0 spiro atoms. The first-order chi connectivity index (χ1) is 11.8. The summed E-state index contributed by atoms with van der Waals surface area (Å²) < 4.78 is 25.9. The topological polar surface area (TPSA) is 113 Å². The molecule has 0 saturated heterocycles. The molecule has 1 aromatic rings. The third-order valence-corrected chi connectivity index (χ3v) is 5.79. The zero-order valence-corrected chi connectivity index (χ0v) is 15.0. The van der Waals surface area contributed by atoms with Gasteiger partial charge in [0.25, 0.3) is 0 Å². The van der Waals surface area contributed by atoms with Gasteiger partial charge < -0.3 is 10.4 Å². The van der Waals surface area contributed by atoms with Gasteiger partial charge in [-0.15, -0.1) is 0 Å². The Morgan fingerprint density at radius 2 is 1.72 bits per heavy atom. The van der Waals surface area contributed by atoms with Gasteiger partial charge in [0.1, 0.15) is 0 Å². The lowest BCUT2D eigenvalue weighted by molar-refractivity contribution is -0.143. The van der Waals surface area contributed by atoms with Crippen LogP contribution in [0.3, 0.4) is 0 Å². The maximum atomic E-state index is 12.3. The van der Waals surface area contributed by atoms with Crippen molar-refractivity contribution in [3.8, 4) is 0 Å². The van der Waals surface area contributed by atoms with Gasteiger partial charge in [-0.25, -0.2) is 8.42 Å². The summed E-state index contributed by atoms with van der Waals surface area (Å²) in [4.78, 5) is 23.4. The Balaban J connectivity index is 1.94. The highest BCUT2D eigenvalue weighted by molar-refractivity contribution is 7.92. The summed E-state index contributed by atoms with van der Waals surface area (Å²) >= 11 is 0. The van der Waals surface area contributed by atoms with Crippen LogP contribution in [0.5, 0.6) is 0 Å². The van der Waals surface area contributed by atoms with Crippen molar-refractivity contribution in [3.63, 3.8) is 0 Å². The van der Waals surface area contributed by atoms with Crippen LogP contribution in [-0.2, 0) is 19.6 Å². The van der Waals surface area contributed by atoms with E-state index in [4.69, 9.17) is 5.11 Å². The molecule has 3 N–H and O–H groups in total. The smallest absolute Gasteiger partial charge is 0.306 e. The van der Waals surface area contributed by atoms with Gasteiger partial charge >= 0.3 is 5.97 Å². The molecule has 0 aliphatic heterocycles. The lowest BCUT2D eigenvalue weighted by Crippen LogP contribution is -2.30. The van der Waals surface area contributed by atoms with Gasteiger partial charge in [0.2, 0.25) is 15.9 Å². The van der Waals surface area contributed by atoms with Crippen molar-refractivity contribution in [2.75, 3.05) is 15.8 Å². The lowest BCUT2D eigenvalue weighted by Gasteiger charge is -2.25. The van der Waals surface area contributed by atoms with Gasteiger partial charge in [-0.1, -0.05) is 13.3 Å². The molecule has 2 rings (SSSR count). The summed E-state index contributed by atoms with van der Waals surface area (Å²) in [5.74, 6) is -1.75. The molecule has 25 heavy (non-hydrogen) atoms. The maximum Gasteiger partial charge on any atom is 0.306 e. The van der Waals surface area contributed by atoms with E-state index in [2.05, 4.69) is 10.0 Å². The fourth-order valence-corrected chi connectivity index (χ4v) is 4.15. The minimum Gasteiger partial charge on any atom is -0.481 e. The fourth-order valence-electron chi connectivity index (χ4n) is 3.02. The van der Waals surface area contributed by atoms with E-state index in [1.807, 2.05) is 0 Å². The van der Waals surface area contributed by atoms with Crippen LogP contribution in [-0.4, -0.2) is 31.2 Å². The van der Waals surface area contributed by atoms with Crippen LogP contribution in [0.25, 0.3) is 0 Å². The molecule has 2 atom stereocenters. The highest BCUT2D eigenvalue weighted by Gasteiger charge is 2.31. The zero-order chi connectivity index (χ0) is 18.4. The molecule has 138 valence electrons. The Kier molecular flexibility index (Phi) is 6.41. The average molecular weight is 368 g/mol. The minimum absolute atomic E-state index is 0.0535. The number of rotatable bonds is 7. The number of carbonyl (C=O) groups excluding carboxylic acids is 1. The van der Waals surface area contributed by atoms with Crippen molar-refractivity contribution >= 4 is 33.3 Å². The van der Waals surface area contributed by atoms with E-state index in [9.17, 15) is 18.0 Å². The van der Waals surface area contributed by atoms with Crippen LogP contribution in [0, 0.1) is 11.8 Å². The number of anilines is 2. The number of nitrogens with one attached hydrogen (secondary N) is 2. The number of hydrogen-bond acceptors (Lipinski definition) is 4. The molecule has 0 aromatic heterocycles. The normalized spacial score (nSPS) is 20.7. The number of carboxylic acid groups (broad SMARTS) is 1. The van der Waals surface area contributed by atoms with Crippen LogP contribution in [0.2, 0.25) is 0 Å². The predicted octanol–water partition coefficient (Wildman–Crippen LogP) is 2.67. The van der Waals surface area contributed by atoms with Crippen LogP contribution in [0.4, 0.5) is 11.4 Å². The summed E-state index contributed by atoms with van der Waals surface area (Å²) in [5, 5.41) is 11.9. The van der Waals surface area contributed by atoms with Crippen LogP contribution in [0.15, 0.2) is 24.3 Å². The van der Waals surface area contributed by atoms with Gasteiger partial charge in [-0.3, -0.25) is 14.3 Å². The number of benzene rings is 1. The molecule has 1 aromatic carbocycles. The largest absolute Gasteiger partial charge is 0.481 e. The van der Waals surface area contributed by atoms with Gasteiger partial charge in [0.15, 0.2) is 0 Å². The van der Waals surface area contributed by atoms with E-state index in [0.717, 1.165) is 6.42 Å². The number of aliphatic carboxylic acids is 1. The Morgan fingerprint density at radius 3 is 2.32 bits per heavy atom. The molecule has 7 nitrogen and oxygen atoms in total. The van der Waals surface area contributed by atoms with Crippen molar-refractivity contribution in [1.82, 2.24) is 0 Å². The van der Waals surface area contributed by atoms with E-state index in [-0.39, 0.29) is 17.6 Å². The van der Waals surface area contributed by atoms with Gasteiger partial charge in [-0.05, 0) is 49.9 Å². The van der Waals surface area contributed by atoms with E-state index < -0.39 is 21.9 Å². The molecule has 8 heteroatoms. The summed E-state index contributed by atoms with van der Waals surface area (Å²) in [7, 11) is -3.34. The molecule has 1 aliphatic carbocycles. The fraction of sp³-hybridized carbons (Fsp3) is 0.529. The highest BCUT2D eigenvalue weighted by atomic mass is 32.2. The first kappa shape index (κ1) is 19.2. The second kappa shape index (κ2) is 8.33. The van der Waals surface area contributed by atoms with Gasteiger partial charge in [0, 0.05) is 17.3 Å². The van der Waals surface area contributed by atoms with E-state index in [0.29, 0.717) is 37.1 Å². The molecular formula is C17H24N2O5S. The molecule has 1 saturated carbocycles. The average Bonchev–Trinajstić information content (AvgIpc) is 2.56. The second-order valence-corrected chi connectivity index (χ2v) is 8.23. The van der Waals surface area contributed by atoms with Crippen molar-refractivity contribution < 1.29 is 23.1 Å². The van der Waals surface area contributed by atoms with Crippen molar-refractivity contribution in [2.24, 2.45) is 11.8 Å². The second-order valence-electron chi connectivity index (χ2n) is 6.39. The van der Waals surface area contributed by atoms with Crippen LogP contribution in [0.1, 0.15) is 39.0 Å². The molecule has 1 aliphatic rings. The lowest BCUT2D eigenvalue weighted by atomic mass is 9.81. The Morgan fingerprint density at radius 1 is 1.12 bits per heavy atom. The van der Waals surface area contributed by atoms with Crippen LogP contribution < -0.4 is 10.0 Å². The zero-order valence-electron chi connectivity index (χ0n) is 14.2. The summed E-state index contributed by atoms with van der Waals surface area (Å²) in [6, 6.07) is 6.42. The third-order valence-electron chi connectivity index (χ3n) is 4.29. The number of amides is 1. The number of sulfonamides is 1. The Labute approximate surface area is 147 Å². The quantitative estimate of drug-likeness (QED) is 0.685. The standard InChI is InChI=1S/C17H24N2O5S/c1-2-10-25(23,24)19-15-8-6-14(7-9-15)18-16(20)12-4-3-5-13(11-12)17(21)22/h6-9,12-13,19H,2-5,10-11H2,1H3,(H,18,20)(H,21,22). The maximum absolute atomic E-state index is 12.3. The van der Waals surface area contributed by atoms with Gasteiger partial charge in [-0.2, -0.15) is 0 Å². The molecule has 2 unspecified atom stereocenters. The van der Waals surface area contributed by atoms with Crippen molar-refractivity contribution in [3.05, 3.63) is 24.3 Å². The van der Waals surface area contributed by atoms with E-state index >= 15 is 0 Å². The first-order valence-corrected chi connectivity index (χ1v) is 10.1. The molecule has 0 bridgehead atoms. The molecule has 1 amide bonds. The monoisotopic (exact) mass is 368 g/mol. The minimum atomic E-state index is -3.34. The first-order valence-electron chi connectivity index (χ1n) is 8.45. The molecule has 0 heterocycles. The number of carboxylic acids is 1. The third kappa shape index (κ3) is 5.74. The highest BCUT2D eigenvalue weighted by Crippen LogP contribution is 2.30. The van der Waals surface area contributed by atoms with Crippen molar-refractivity contribution in [1.29, 1.82) is 0 Å². The number of hydrogen-bond donors (Lipinski definition) is 3. The van der Waals surface area contributed by atoms with Crippen molar-refractivity contribution in [2.45, 2.75) is 39.0 Å². The Hall–Kier alpha value is -2.09. The van der Waals surface area contributed by atoms with E-state index in [1.165, 1.54) is 0 Å². The van der Waals surface area contributed by atoms with Crippen LogP contribution >= 0.6 is 0 Å². The Bertz CT molecular complexity index is 715. The summed E-state index contributed by atoms with van der Waals surface area (Å²) in [5.41, 5.74) is 0.996. The summed E-state index contributed by atoms with van der Waals surface area (Å²) in [6.45, 7) is 1.79. The molecule has 1 fully saturated rings. The van der Waals surface area contributed by atoms with Gasteiger partial charge in [0.05, 0.1) is 11.7 Å². The van der Waals surface area contributed by atoms with E-state index in [1.54, 1.807) is 31.2 Å². The molecule has 0 radical (unpaired) electrons. The predicted molar refractivity (Wildman–Crippen MR) is 95.9 cm³/mol. The number of carbonyl (C=O) groups is 2. The molecular weight excluding hydrogens is 344 g/mol.